The molecule has 0 aromatic carbocycles. The Labute approximate surface area is 335 Å². The van der Waals surface area contributed by atoms with Crippen LogP contribution in [-0.2, 0) is 24.0 Å². The number of nitrogens with zero attached hydrogens (tertiary/aromatic N) is 1. The smallest absolute Gasteiger partial charge is 0.329 e. The number of carbonyl (C=O) groups is 5. The van der Waals surface area contributed by atoms with Crippen molar-refractivity contribution in [3.05, 3.63) is 48.6 Å². The summed E-state index contributed by atoms with van der Waals surface area (Å²) in [6.07, 6.45) is 32.4. The number of aliphatic hydroxyl groups is 1. The zero-order chi connectivity index (χ0) is 41.6. The molecule has 8 nitrogen and oxygen atoms in total. The average Bonchev–Trinajstić information content (AvgIpc) is 3.12. The number of hydrogen-bond acceptors (Lipinski definition) is 6. The van der Waals surface area contributed by atoms with Gasteiger partial charge in [-0.3, -0.25) is 24.0 Å². The van der Waals surface area contributed by atoms with E-state index in [1.165, 1.54) is 18.2 Å². The van der Waals surface area contributed by atoms with Gasteiger partial charge in [-0.05, 0) is 75.7 Å². The van der Waals surface area contributed by atoms with Gasteiger partial charge in [-0.25, -0.2) is 0 Å². The molecule has 0 aromatic heterocycles. The fourth-order valence-electron chi connectivity index (χ4n) is 7.25. The highest BCUT2D eigenvalue weighted by Gasteiger charge is 2.74. The lowest BCUT2D eigenvalue weighted by Crippen LogP contribution is -2.76. The number of likely N-dealkylation sites (N-methyl/N-ethyl adjacent to an activating group) is 1. The third kappa shape index (κ3) is 18.2. The lowest BCUT2D eigenvalue weighted by molar-refractivity contribution is -0.892. The minimum atomic E-state index is -3.33. The van der Waals surface area contributed by atoms with Crippen molar-refractivity contribution in [2.45, 2.75) is 193 Å². The fourth-order valence-corrected chi connectivity index (χ4v) is 7.25. The van der Waals surface area contributed by atoms with Crippen LogP contribution in [0.25, 0.3) is 0 Å². The van der Waals surface area contributed by atoms with E-state index in [2.05, 4.69) is 27.7 Å². The largest absolute Gasteiger partial charge is 0.480 e. The van der Waals surface area contributed by atoms with Crippen molar-refractivity contribution in [3.8, 4) is 0 Å². The van der Waals surface area contributed by atoms with Crippen molar-refractivity contribution in [1.29, 1.82) is 0 Å². The number of hydrogen-bond donors (Lipinski definition) is 2. The number of carboxylic acid groups (broad SMARTS) is 1. The average molecular weight is 771 g/mol. The van der Waals surface area contributed by atoms with Gasteiger partial charge in [0, 0.05) is 0 Å². The van der Waals surface area contributed by atoms with Crippen molar-refractivity contribution < 1.29 is 38.7 Å². The Kier molecular flexibility index (Phi) is 28.6. The molecule has 0 saturated heterocycles. The van der Waals surface area contributed by atoms with E-state index >= 15 is 0 Å². The first-order valence-electron chi connectivity index (χ1n) is 21.8. The van der Waals surface area contributed by atoms with Gasteiger partial charge in [0.05, 0.1) is 21.1 Å². The van der Waals surface area contributed by atoms with E-state index in [1.54, 1.807) is 33.3 Å². The van der Waals surface area contributed by atoms with Crippen LogP contribution < -0.4 is 0 Å². The molecule has 2 atom stereocenters. The minimum Gasteiger partial charge on any atom is -0.480 e. The highest BCUT2D eigenvalue weighted by atomic mass is 16.4. The molecule has 2 unspecified atom stereocenters. The first-order chi connectivity index (χ1) is 26.2. The quantitative estimate of drug-likeness (QED) is 0.0281. The van der Waals surface area contributed by atoms with Gasteiger partial charge in [0.2, 0.25) is 16.8 Å². The van der Waals surface area contributed by atoms with Gasteiger partial charge in [0.15, 0.2) is 23.4 Å². The molecule has 0 aromatic rings. The van der Waals surface area contributed by atoms with Crippen LogP contribution in [0.4, 0.5) is 0 Å². The van der Waals surface area contributed by atoms with Crippen LogP contribution in [0.3, 0.4) is 0 Å². The second-order valence-electron chi connectivity index (χ2n) is 16.3. The second kappa shape index (κ2) is 30.2. The Morgan fingerprint density at radius 1 is 0.473 bits per heavy atom. The molecule has 0 aliphatic heterocycles. The molecule has 55 heavy (non-hydrogen) atoms. The van der Waals surface area contributed by atoms with Gasteiger partial charge in [0.1, 0.15) is 0 Å². The normalized spacial score (nSPS) is 14.3. The summed E-state index contributed by atoms with van der Waals surface area (Å²) in [5.41, 5.74) is -6.60. The maximum absolute atomic E-state index is 14.6. The fraction of sp³-hybridized carbons (Fsp3) is 0.723. The summed E-state index contributed by atoms with van der Waals surface area (Å²) in [4.78, 5) is 71.9. The van der Waals surface area contributed by atoms with Crippen LogP contribution in [0.2, 0.25) is 0 Å². The summed E-state index contributed by atoms with van der Waals surface area (Å²) in [5, 5.41) is 24.2. The number of unbranched alkanes of at least 4 members (excludes halogenated alkanes) is 20. The van der Waals surface area contributed by atoms with Crippen molar-refractivity contribution in [2.24, 2.45) is 5.41 Å². The monoisotopic (exact) mass is 771 g/mol. The van der Waals surface area contributed by atoms with Gasteiger partial charge in [-0.1, -0.05) is 155 Å². The minimum absolute atomic E-state index is 0.412. The van der Waals surface area contributed by atoms with Crippen molar-refractivity contribution in [3.63, 3.8) is 0 Å². The van der Waals surface area contributed by atoms with Gasteiger partial charge in [-0.2, -0.15) is 0 Å². The van der Waals surface area contributed by atoms with Crippen LogP contribution in [0, 0.1) is 5.41 Å². The standard InChI is InChI=1S/C47H79NO7/c1-8-12-16-20-24-28-32-36-40(49)44(48(5,6)7)47(55,43(52)39-35-31-27-23-19-15-11-4)46(45(53)54,41(50)37-33-29-25-21-17-13-9-2)42(51)38-34-30-26-22-18-14-10-3/h32-39,44,55H,8-31H2,1-7H3/p+1/b36-32+,37-33+,38-34+,39-35+. The molecular formula is C47H80NO7+. The molecule has 2 N–H and O–H groups in total. The number of ketones is 4. The molecular weight excluding hydrogens is 691 g/mol. The summed E-state index contributed by atoms with van der Waals surface area (Å²) in [5.74, 6) is -6.28. The molecule has 0 radical (unpaired) electrons. The van der Waals surface area contributed by atoms with Crippen LogP contribution in [0.5, 0.6) is 0 Å². The molecule has 8 heteroatoms. The van der Waals surface area contributed by atoms with Crippen LogP contribution >= 0.6 is 0 Å². The molecule has 314 valence electrons. The first-order valence-corrected chi connectivity index (χ1v) is 21.8. The maximum atomic E-state index is 14.6. The SMILES string of the molecule is CCCCCCC/C=C/C(=O)C(C(O)(C(=O)/C=C/CCCCCCC)C(C(=O)O)(C(=O)/C=C/CCCCCCC)C(=O)/C=C/CCCCCCC)[N+](C)(C)C. The molecule has 0 aliphatic carbocycles. The highest BCUT2D eigenvalue weighted by Crippen LogP contribution is 2.43. The van der Waals surface area contributed by atoms with Crippen molar-refractivity contribution >= 4 is 29.1 Å². The first kappa shape index (κ1) is 52.0. The Balaban J connectivity index is 7.46. The van der Waals surface area contributed by atoms with Gasteiger partial charge in [-0.15, -0.1) is 0 Å². The zero-order valence-corrected chi connectivity index (χ0v) is 36.0. The Bertz CT molecular complexity index is 1200. The number of allylic oxidation sites excluding steroid dienone is 6. The van der Waals surface area contributed by atoms with Gasteiger partial charge < -0.3 is 14.7 Å². The topological polar surface area (TPSA) is 126 Å². The van der Waals surface area contributed by atoms with E-state index in [1.807, 2.05) is 0 Å². The molecule has 0 spiro atoms. The zero-order valence-electron chi connectivity index (χ0n) is 36.0. The van der Waals surface area contributed by atoms with Gasteiger partial charge >= 0.3 is 5.97 Å². The predicted octanol–water partition coefficient (Wildman–Crippen LogP) is 10.8. The van der Waals surface area contributed by atoms with E-state index in [0.717, 1.165) is 147 Å². The van der Waals surface area contributed by atoms with E-state index < -0.39 is 50.6 Å². The molecule has 0 heterocycles. The number of carbonyl (C=O) groups excluding carboxylic acids is 4. The molecule has 0 amide bonds. The van der Waals surface area contributed by atoms with Crippen LogP contribution in [-0.4, -0.2) is 76.6 Å². The van der Waals surface area contributed by atoms with Gasteiger partial charge in [0.25, 0.3) is 0 Å². The summed E-state index contributed by atoms with van der Waals surface area (Å²) >= 11 is 0. The number of aliphatic carboxylic acids is 1. The van der Waals surface area contributed by atoms with Crippen molar-refractivity contribution in [2.75, 3.05) is 21.1 Å². The highest BCUT2D eigenvalue weighted by molar-refractivity contribution is 6.33. The van der Waals surface area contributed by atoms with E-state index in [-0.39, 0.29) is 0 Å². The van der Waals surface area contributed by atoms with E-state index in [4.69, 9.17) is 0 Å². The number of rotatable bonds is 36. The third-order valence-electron chi connectivity index (χ3n) is 10.4. The lowest BCUT2D eigenvalue weighted by atomic mass is 9.59. The lowest BCUT2D eigenvalue weighted by Gasteiger charge is -2.47. The summed E-state index contributed by atoms with van der Waals surface area (Å²) in [6, 6.07) is -1.81. The maximum Gasteiger partial charge on any atom is 0.329 e. The third-order valence-corrected chi connectivity index (χ3v) is 10.4. The molecule has 0 fully saturated rings. The predicted molar refractivity (Wildman–Crippen MR) is 227 cm³/mol. The summed E-state index contributed by atoms with van der Waals surface area (Å²) in [6.45, 7) is 8.49. The molecule has 0 rings (SSSR count). The number of quaternary nitrogens is 1. The molecule has 0 aliphatic rings. The Hall–Kier alpha value is -2.97. The summed E-state index contributed by atoms with van der Waals surface area (Å²) < 4.78 is -0.412. The number of carboxylic acids is 1. The van der Waals surface area contributed by atoms with E-state index in [0.29, 0.717) is 25.7 Å². The second-order valence-corrected chi connectivity index (χ2v) is 16.3. The Morgan fingerprint density at radius 2 is 0.764 bits per heavy atom. The molecule has 0 bridgehead atoms. The van der Waals surface area contributed by atoms with Crippen molar-refractivity contribution in [1.82, 2.24) is 0 Å². The van der Waals surface area contributed by atoms with Crippen LogP contribution in [0.1, 0.15) is 182 Å². The van der Waals surface area contributed by atoms with Crippen LogP contribution in [0.15, 0.2) is 48.6 Å². The molecule has 0 saturated carbocycles. The van der Waals surface area contributed by atoms with E-state index in [9.17, 15) is 34.2 Å². The Morgan fingerprint density at radius 3 is 1.05 bits per heavy atom. The summed E-state index contributed by atoms with van der Waals surface area (Å²) in [7, 11) is 4.70.